The molecule has 2 heterocycles. The van der Waals surface area contributed by atoms with E-state index in [2.05, 4.69) is 16.7 Å². The molecule has 0 fully saturated rings. The van der Waals surface area contributed by atoms with Crippen molar-refractivity contribution in [2.24, 2.45) is 0 Å². The molecule has 1 aliphatic heterocycles. The summed E-state index contributed by atoms with van der Waals surface area (Å²) in [5.74, 6) is -0.0673. The number of ether oxygens (including phenoxy) is 1. The fourth-order valence-electron chi connectivity index (χ4n) is 3.74. The Kier molecular flexibility index (Phi) is 7.04. The third-order valence-corrected chi connectivity index (χ3v) is 6.52. The molecule has 0 saturated carbocycles. The second-order valence-electron chi connectivity index (χ2n) is 7.71. The van der Waals surface area contributed by atoms with E-state index in [1.165, 1.54) is 10.4 Å². The molecular formula is C25H25N3O4S. The maximum absolute atomic E-state index is 12.8. The molecule has 0 aliphatic carbocycles. The quantitative estimate of drug-likeness (QED) is 0.547. The fourth-order valence-corrected chi connectivity index (χ4v) is 4.63. The van der Waals surface area contributed by atoms with Gasteiger partial charge in [0.2, 0.25) is 11.8 Å². The molecule has 0 radical (unpaired) electrons. The zero-order chi connectivity index (χ0) is 23.2. The number of hydrogen-bond acceptors (Lipinski definition) is 5. The summed E-state index contributed by atoms with van der Waals surface area (Å²) in [6.07, 6.45) is 1.04. The summed E-state index contributed by atoms with van der Waals surface area (Å²) < 4.78 is 5.18. The number of thiophene rings is 1. The smallest absolute Gasteiger partial charge is 0.257 e. The van der Waals surface area contributed by atoms with Crippen LogP contribution in [0.15, 0.2) is 60.0 Å². The number of para-hydroxylation sites is 1. The van der Waals surface area contributed by atoms with Gasteiger partial charge in [-0.25, -0.2) is 0 Å². The average Bonchev–Trinajstić information content (AvgIpc) is 3.31. The van der Waals surface area contributed by atoms with Gasteiger partial charge in [0, 0.05) is 42.6 Å². The van der Waals surface area contributed by atoms with Crippen molar-refractivity contribution in [3.63, 3.8) is 0 Å². The number of carbonyl (C=O) groups excluding carboxylic acids is 3. The van der Waals surface area contributed by atoms with Crippen molar-refractivity contribution in [2.45, 2.75) is 25.8 Å². The molecule has 8 heteroatoms. The molecule has 33 heavy (non-hydrogen) atoms. The molecule has 3 aromatic rings. The molecule has 4 rings (SSSR count). The van der Waals surface area contributed by atoms with Crippen LogP contribution in [-0.4, -0.2) is 36.3 Å². The molecule has 0 saturated heterocycles. The lowest BCUT2D eigenvalue weighted by Crippen LogP contribution is -2.35. The number of methoxy groups -OCH3 is 1. The van der Waals surface area contributed by atoms with Crippen LogP contribution in [0.1, 0.15) is 33.6 Å². The molecular weight excluding hydrogens is 438 g/mol. The van der Waals surface area contributed by atoms with Crippen molar-refractivity contribution in [3.05, 3.63) is 76.0 Å². The van der Waals surface area contributed by atoms with Gasteiger partial charge >= 0.3 is 0 Å². The fraction of sp³-hybridized carbons (Fsp3) is 0.240. The van der Waals surface area contributed by atoms with Crippen LogP contribution < -0.4 is 15.4 Å². The van der Waals surface area contributed by atoms with Crippen molar-refractivity contribution in [1.82, 2.24) is 4.90 Å². The Morgan fingerprint density at radius 1 is 1.03 bits per heavy atom. The first-order chi connectivity index (χ1) is 16.0. The van der Waals surface area contributed by atoms with Crippen LogP contribution >= 0.6 is 11.3 Å². The lowest BCUT2D eigenvalue weighted by atomic mass is 10.1. The van der Waals surface area contributed by atoms with Gasteiger partial charge in [0.15, 0.2) is 0 Å². The van der Waals surface area contributed by atoms with Crippen LogP contribution in [0, 0.1) is 0 Å². The molecule has 1 aromatic heterocycles. The lowest BCUT2D eigenvalue weighted by Gasteiger charge is -2.27. The highest BCUT2D eigenvalue weighted by Crippen LogP contribution is 2.25. The number of fused-ring (bicyclic) bond motifs is 1. The Morgan fingerprint density at radius 3 is 2.73 bits per heavy atom. The predicted molar refractivity (Wildman–Crippen MR) is 129 cm³/mol. The number of nitrogens with one attached hydrogen (secondary N) is 2. The standard InChI is InChI=1S/C25H25N3O4S/c1-32-19-6-4-5-18(15-19)26-25(31)20-7-2-3-8-21(20)27-23(29)9-10-24(30)28-13-11-22-17(16-28)12-14-33-22/h2-8,12,14-15H,9-11,13,16H2,1H3,(H,26,31)(H,27,29). The van der Waals surface area contributed by atoms with E-state index in [1.54, 1.807) is 71.9 Å². The van der Waals surface area contributed by atoms with Crippen molar-refractivity contribution in [1.29, 1.82) is 0 Å². The van der Waals surface area contributed by atoms with Gasteiger partial charge in [-0.3, -0.25) is 14.4 Å². The molecule has 0 bridgehead atoms. The van der Waals surface area contributed by atoms with Crippen LogP contribution in [0.2, 0.25) is 0 Å². The van der Waals surface area contributed by atoms with Crippen molar-refractivity contribution in [3.8, 4) is 5.75 Å². The summed E-state index contributed by atoms with van der Waals surface area (Å²) in [5, 5.41) is 7.64. The Hall–Kier alpha value is -3.65. The van der Waals surface area contributed by atoms with Gasteiger partial charge in [-0.05, 0) is 47.7 Å². The minimum absolute atomic E-state index is 0.0361. The van der Waals surface area contributed by atoms with E-state index in [0.29, 0.717) is 35.8 Å². The van der Waals surface area contributed by atoms with Gasteiger partial charge in [-0.2, -0.15) is 0 Å². The Balaban J connectivity index is 1.34. The Bertz CT molecular complexity index is 1170. The SMILES string of the molecule is COc1cccc(NC(=O)c2ccccc2NC(=O)CCC(=O)N2CCc3sccc3C2)c1. The first-order valence-corrected chi connectivity index (χ1v) is 11.6. The van der Waals surface area contributed by atoms with Crippen LogP contribution in [0.4, 0.5) is 11.4 Å². The molecule has 7 nitrogen and oxygen atoms in total. The van der Waals surface area contributed by atoms with E-state index < -0.39 is 0 Å². The van der Waals surface area contributed by atoms with Gasteiger partial charge in [0.25, 0.3) is 5.91 Å². The number of anilines is 2. The first kappa shape index (κ1) is 22.5. The summed E-state index contributed by atoms with van der Waals surface area (Å²) in [4.78, 5) is 41.1. The average molecular weight is 464 g/mol. The van der Waals surface area contributed by atoms with E-state index in [0.717, 1.165) is 6.42 Å². The molecule has 1 aliphatic rings. The predicted octanol–water partition coefficient (Wildman–Crippen LogP) is 4.31. The number of amides is 3. The van der Waals surface area contributed by atoms with Crippen LogP contribution in [0.3, 0.4) is 0 Å². The van der Waals surface area contributed by atoms with Gasteiger partial charge in [-0.1, -0.05) is 18.2 Å². The van der Waals surface area contributed by atoms with Crippen LogP contribution in [0.25, 0.3) is 0 Å². The van der Waals surface area contributed by atoms with E-state index in [4.69, 9.17) is 4.74 Å². The van der Waals surface area contributed by atoms with Crippen LogP contribution in [-0.2, 0) is 22.6 Å². The third kappa shape index (κ3) is 5.59. The molecule has 0 atom stereocenters. The first-order valence-electron chi connectivity index (χ1n) is 10.7. The van der Waals surface area contributed by atoms with E-state index in [1.807, 2.05) is 5.38 Å². The second-order valence-corrected chi connectivity index (χ2v) is 8.71. The summed E-state index contributed by atoms with van der Waals surface area (Å²) in [6, 6.07) is 15.9. The highest BCUT2D eigenvalue weighted by molar-refractivity contribution is 7.10. The van der Waals surface area contributed by atoms with E-state index >= 15 is 0 Å². The minimum Gasteiger partial charge on any atom is -0.497 e. The van der Waals surface area contributed by atoms with Gasteiger partial charge in [0.1, 0.15) is 5.75 Å². The molecule has 0 spiro atoms. The summed E-state index contributed by atoms with van der Waals surface area (Å²) in [7, 11) is 1.56. The van der Waals surface area contributed by atoms with Crippen molar-refractivity contribution >= 4 is 40.4 Å². The zero-order valence-electron chi connectivity index (χ0n) is 18.3. The van der Waals surface area contributed by atoms with Gasteiger partial charge in [-0.15, -0.1) is 11.3 Å². The monoisotopic (exact) mass is 463 g/mol. The highest BCUT2D eigenvalue weighted by atomic mass is 32.1. The molecule has 2 N–H and O–H groups in total. The molecule has 0 unspecified atom stereocenters. The number of nitrogens with zero attached hydrogens (tertiary/aromatic N) is 1. The Labute approximate surface area is 196 Å². The number of hydrogen-bond donors (Lipinski definition) is 2. The highest BCUT2D eigenvalue weighted by Gasteiger charge is 2.22. The molecule has 3 amide bonds. The minimum atomic E-state index is -0.352. The zero-order valence-corrected chi connectivity index (χ0v) is 19.1. The number of rotatable bonds is 7. The summed E-state index contributed by atoms with van der Waals surface area (Å²) in [6.45, 7) is 1.29. The topological polar surface area (TPSA) is 87.7 Å². The normalized spacial score (nSPS) is 12.6. The molecule has 2 aromatic carbocycles. The maximum atomic E-state index is 12.8. The lowest BCUT2D eigenvalue weighted by molar-refractivity contribution is -0.133. The van der Waals surface area contributed by atoms with Crippen molar-refractivity contribution < 1.29 is 19.1 Å². The largest absolute Gasteiger partial charge is 0.497 e. The molecule has 170 valence electrons. The van der Waals surface area contributed by atoms with E-state index in [-0.39, 0.29) is 30.6 Å². The van der Waals surface area contributed by atoms with Gasteiger partial charge in [0.05, 0.1) is 18.4 Å². The number of carbonyl (C=O) groups is 3. The van der Waals surface area contributed by atoms with E-state index in [9.17, 15) is 14.4 Å². The summed E-state index contributed by atoms with van der Waals surface area (Å²) in [5.41, 5.74) is 2.51. The summed E-state index contributed by atoms with van der Waals surface area (Å²) >= 11 is 1.72. The maximum Gasteiger partial charge on any atom is 0.257 e. The Morgan fingerprint density at radius 2 is 1.88 bits per heavy atom. The number of benzene rings is 2. The third-order valence-electron chi connectivity index (χ3n) is 5.50. The second kappa shape index (κ2) is 10.3. The van der Waals surface area contributed by atoms with Crippen LogP contribution in [0.5, 0.6) is 5.75 Å². The van der Waals surface area contributed by atoms with Gasteiger partial charge < -0.3 is 20.3 Å². The van der Waals surface area contributed by atoms with Crippen molar-refractivity contribution in [2.75, 3.05) is 24.3 Å².